The van der Waals surface area contributed by atoms with Crippen LogP contribution in [0.25, 0.3) is 0 Å². The van der Waals surface area contributed by atoms with Crippen molar-refractivity contribution in [1.29, 1.82) is 0 Å². The summed E-state index contributed by atoms with van der Waals surface area (Å²) in [5, 5.41) is 13.2. The first-order valence-electron chi connectivity index (χ1n) is 4.70. The third-order valence-electron chi connectivity index (χ3n) is 2.72. The largest absolute Gasteiger partial charge is 0.481 e. The lowest BCUT2D eigenvalue weighted by Gasteiger charge is -2.15. The Labute approximate surface area is 93.7 Å². The van der Waals surface area contributed by atoms with E-state index in [4.69, 9.17) is 10.8 Å². The van der Waals surface area contributed by atoms with Crippen molar-refractivity contribution >= 4 is 29.0 Å². The number of nitrogens with zero attached hydrogens (tertiary/aromatic N) is 1. The van der Waals surface area contributed by atoms with Gasteiger partial charge in [0.1, 0.15) is 0 Å². The Morgan fingerprint density at radius 3 is 2.80 bits per heavy atom. The van der Waals surface area contributed by atoms with Gasteiger partial charge in [0.25, 0.3) is 0 Å². The van der Waals surface area contributed by atoms with Gasteiger partial charge in [-0.15, -0.1) is 0 Å². The quantitative estimate of drug-likeness (QED) is 0.479. The Morgan fingerprint density at radius 2 is 2.40 bits per heavy atom. The van der Waals surface area contributed by atoms with Crippen LogP contribution in [-0.4, -0.2) is 21.9 Å². The Morgan fingerprint density at radius 1 is 1.80 bits per heavy atom. The Bertz CT molecular complexity index is 329. The van der Waals surface area contributed by atoms with E-state index >= 15 is 0 Å². The molecule has 1 rings (SSSR count). The van der Waals surface area contributed by atoms with E-state index in [9.17, 15) is 4.79 Å². The third-order valence-corrected chi connectivity index (χ3v) is 2.81. The molecule has 0 spiro atoms. The van der Waals surface area contributed by atoms with Gasteiger partial charge >= 0.3 is 5.97 Å². The number of hydrazone groups is 1. The van der Waals surface area contributed by atoms with E-state index in [1.165, 1.54) is 0 Å². The van der Waals surface area contributed by atoms with Gasteiger partial charge < -0.3 is 10.8 Å². The van der Waals surface area contributed by atoms with Crippen molar-refractivity contribution in [3.8, 4) is 0 Å². The molecule has 0 radical (unpaired) electrons. The van der Waals surface area contributed by atoms with Crippen molar-refractivity contribution in [1.82, 2.24) is 5.43 Å². The number of carboxylic acid groups (broad SMARTS) is 1. The van der Waals surface area contributed by atoms with Crippen LogP contribution >= 0.6 is 12.2 Å². The summed E-state index contributed by atoms with van der Waals surface area (Å²) in [7, 11) is 0. The minimum absolute atomic E-state index is 0.0960. The highest BCUT2D eigenvalue weighted by molar-refractivity contribution is 7.80. The molecule has 0 saturated heterocycles. The summed E-state index contributed by atoms with van der Waals surface area (Å²) in [6.07, 6.45) is 1.04. The molecule has 5 nitrogen and oxygen atoms in total. The molecule has 0 aromatic heterocycles. The smallest absolute Gasteiger partial charge is 0.309 e. The van der Waals surface area contributed by atoms with Crippen molar-refractivity contribution in [2.75, 3.05) is 0 Å². The van der Waals surface area contributed by atoms with Gasteiger partial charge in [-0.25, -0.2) is 0 Å². The molecule has 84 valence electrons. The number of carbonyl (C=O) groups is 1. The molecule has 1 aliphatic carbocycles. The minimum atomic E-state index is -0.783. The molecule has 0 aromatic carbocycles. The maximum absolute atomic E-state index is 11.0. The highest BCUT2D eigenvalue weighted by Gasteiger charge is 2.43. The van der Waals surface area contributed by atoms with Crippen LogP contribution in [0, 0.1) is 11.3 Å². The van der Waals surface area contributed by atoms with E-state index in [-0.39, 0.29) is 11.0 Å². The number of nitrogens with one attached hydrogen (secondary N) is 1. The minimum Gasteiger partial charge on any atom is -0.481 e. The molecule has 0 amide bonds. The molecule has 0 aromatic rings. The molecule has 15 heavy (non-hydrogen) atoms. The number of thiocarbonyl (C=S) groups is 1. The molecular formula is C9H15N3O2S. The van der Waals surface area contributed by atoms with E-state index in [0.29, 0.717) is 12.8 Å². The average Bonchev–Trinajstić information content (AvgIpc) is 2.39. The van der Waals surface area contributed by atoms with Crippen LogP contribution in [0.2, 0.25) is 0 Å². The molecule has 0 bridgehead atoms. The SMILES string of the molecule is C[C@@H]1C[C@](C)(C(=O)O)C/C1=N/NC(N)=S. The van der Waals surface area contributed by atoms with Crippen molar-refractivity contribution in [3.05, 3.63) is 0 Å². The van der Waals surface area contributed by atoms with Gasteiger partial charge in [0, 0.05) is 12.1 Å². The van der Waals surface area contributed by atoms with Crippen LogP contribution in [0.1, 0.15) is 26.7 Å². The lowest BCUT2D eigenvalue weighted by Crippen LogP contribution is -2.27. The molecule has 4 N–H and O–H groups in total. The fourth-order valence-corrected chi connectivity index (χ4v) is 1.92. The van der Waals surface area contributed by atoms with Crippen LogP contribution in [0.15, 0.2) is 5.10 Å². The van der Waals surface area contributed by atoms with Gasteiger partial charge in [0.2, 0.25) is 0 Å². The molecule has 2 atom stereocenters. The lowest BCUT2D eigenvalue weighted by atomic mass is 9.88. The van der Waals surface area contributed by atoms with Crippen LogP contribution in [-0.2, 0) is 4.79 Å². The van der Waals surface area contributed by atoms with Gasteiger partial charge in [0.05, 0.1) is 5.41 Å². The molecule has 0 heterocycles. The van der Waals surface area contributed by atoms with Crippen molar-refractivity contribution < 1.29 is 9.90 Å². The average molecular weight is 229 g/mol. The van der Waals surface area contributed by atoms with E-state index in [1.807, 2.05) is 6.92 Å². The second kappa shape index (κ2) is 4.14. The first kappa shape index (κ1) is 11.9. The second-order valence-electron chi connectivity index (χ2n) is 4.23. The maximum Gasteiger partial charge on any atom is 0.309 e. The monoisotopic (exact) mass is 229 g/mol. The number of rotatable bonds is 2. The lowest BCUT2D eigenvalue weighted by molar-refractivity contribution is -0.147. The van der Waals surface area contributed by atoms with Gasteiger partial charge in [0.15, 0.2) is 5.11 Å². The predicted octanol–water partition coefficient (Wildman–Crippen LogP) is 0.696. The number of carboxylic acids is 1. The summed E-state index contributed by atoms with van der Waals surface area (Å²) in [5.74, 6) is -0.636. The zero-order chi connectivity index (χ0) is 11.6. The first-order valence-corrected chi connectivity index (χ1v) is 5.11. The van der Waals surface area contributed by atoms with Gasteiger partial charge in [-0.05, 0) is 31.5 Å². The van der Waals surface area contributed by atoms with Crippen LogP contribution in [0.5, 0.6) is 0 Å². The van der Waals surface area contributed by atoms with Crippen molar-refractivity contribution in [2.45, 2.75) is 26.7 Å². The molecule has 1 aliphatic rings. The summed E-state index contributed by atoms with van der Waals surface area (Å²) >= 11 is 4.62. The molecule has 6 heteroatoms. The number of hydrogen-bond donors (Lipinski definition) is 3. The molecule has 0 unspecified atom stereocenters. The second-order valence-corrected chi connectivity index (χ2v) is 4.67. The fraction of sp³-hybridized carbons (Fsp3) is 0.667. The van der Waals surface area contributed by atoms with Crippen LogP contribution in [0.3, 0.4) is 0 Å². The fourth-order valence-electron chi connectivity index (χ4n) is 1.88. The van der Waals surface area contributed by atoms with Crippen LogP contribution in [0.4, 0.5) is 0 Å². The standard InChI is InChI=1S/C9H15N3O2S/c1-5-3-9(2,7(13)14)4-6(5)11-12-8(10)15/h5H,3-4H2,1-2H3,(H,13,14)(H3,10,12,15)/b11-6-/t5-,9+/m1/s1. The normalized spacial score (nSPS) is 32.9. The van der Waals surface area contributed by atoms with Gasteiger partial charge in [-0.1, -0.05) is 6.92 Å². The van der Waals surface area contributed by atoms with E-state index in [1.54, 1.807) is 6.92 Å². The zero-order valence-electron chi connectivity index (χ0n) is 8.78. The van der Waals surface area contributed by atoms with E-state index < -0.39 is 11.4 Å². The highest BCUT2D eigenvalue weighted by Crippen LogP contribution is 2.39. The zero-order valence-corrected chi connectivity index (χ0v) is 9.60. The van der Waals surface area contributed by atoms with Crippen molar-refractivity contribution in [2.24, 2.45) is 22.2 Å². The summed E-state index contributed by atoms with van der Waals surface area (Å²) < 4.78 is 0. The van der Waals surface area contributed by atoms with Gasteiger partial charge in [-0.2, -0.15) is 5.10 Å². The maximum atomic E-state index is 11.0. The predicted molar refractivity (Wildman–Crippen MR) is 61.5 cm³/mol. The summed E-state index contributed by atoms with van der Waals surface area (Å²) in [6, 6.07) is 0. The number of hydrogen-bond acceptors (Lipinski definition) is 3. The molecule has 0 aliphatic heterocycles. The first-order chi connectivity index (χ1) is 6.85. The Kier molecular flexibility index (Phi) is 3.28. The topological polar surface area (TPSA) is 87.7 Å². The number of aliphatic carboxylic acids is 1. The highest BCUT2D eigenvalue weighted by atomic mass is 32.1. The van der Waals surface area contributed by atoms with Crippen LogP contribution < -0.4 is 11.2 Å². The Balaban J connectivity index is 2.76. The van der Waals surface area contributed by atoms with Crippen molar-refractivity contribution in [3.63, 3.8) is 0 Å². The summed E-state index contributed by atoms with van der Waals surface area (Å²) in [5.41, 5.74) is 7.84. The summed E-state index contributed by atoms with van der Waals surface area (Å²) in [6.45, 7) is 3.68. The van der Waals surface area contributed by atoms with Gasteiger partial charge in [-0.3, -0.25) is 10.2 Å². The molecular weight excluding hydrogens is 214 g/mol. The Hall–Kier alpha value is -1.17. The third kappa shape index (κ3) is 2.65. The number of nitrogens with two attached hydrogens (primary N) is 1. The van der Waals surface area contributed by atoms with E-state index in [2.05, 4.69) is 22.7 Å². The van der Waals surface area contributed by atoms with E-state index in [0.717, 1.165) is 5.71 Å². The molecule has 1 fully saturated rings. The molecule has 1 saturated carbocycles. The summed E-state index contributed by atoms with van der Waals surface area (Å²) in [4.78, 5) is 11.0.